The number of nitrogens with zero attached hydrogens (tertiary/aromatic N) is 2. The first-order valence-electron chi connectivity index (χ1n) is 9.18. The number of pyridine rings is 1. The van der Waals surface area contributed by atoms with Crippen LogP contribution in [0.5, 0.6) is 17.2 Å². The Labute approximate surface area is 176 Å². The molecule has 0 aliphatic carbocycles. The number of aromatic nitrogens is 1. The van der Waals surface area contributed by atoms with Crippen molar-refractivity contribution < 1.29 is 31.1 Å². The summed E-state index contributed by atoms with van der Waals surface area (Å²) in [5.41, 5.74) is 1.62. The van der Waals surface area contributed by atoms with Crippen molar-refractivity contribution in [2.75, 3.05) is 0 Å². The maximum absolute atomic E-state index is 12.9. The molecular formula is C21H17F3N2O4S. The minimum atomic E-state index is -4.83. The van der Waals surface area contributed by atoms with E-state index in [4.69, 9.17) is 4.74 Å². The van der Waals surface area contributed by atoms with Crippen LogP contribution >= 0.6 is 0 Å². The van der Waals surface area contributed by atoms with Gasteiger partial charge in [-0.3, -0.25) is 4.98 Å². The molecule has 2 aromatic carbocycles. The van der Waals surface area contributed by atoms with Gasteiger partial charge < -0.3 is 9.47 Å². The molecule has 10 heteroatoms. The first kappa shape index (κ1) is 21.1. The molecule has 0 saturated carbocycles. The Hall–Kier alpha value is -3.11. The average molecular weight is 450 g/mol. The van der Waals surface area contributed by atoms with Crippen LogP contribution < -0.4 is 9.47 Å². The van der Waals surface area contributed by atoms with Crippen LogP contribution in [-0.2, 0) is 23.1 Å². The lowest BCUT2D eigenvalue weighted by Crippen LogP contribution is -2.24. The van der Waals surface area contributed by atoms with Crippen molar-refractivity contribution in [1.29, 1.82) is 0 Å². The fourth-order valence-electron chi connectivity index (χ4n) is 3.30. The molecule has 0 saturated heterocycles. The zero-order chi connectivity index (χ0) is 22.2. The van der Waals surface area contributed by atoms with Crippen LogP contribution in [0.1, 0.15) is 16.7 Å². The quantitative estimate of drug-likeness (QED) is 0.559. The highest BCUT2D eigenvalue weighted by atomic mass is 32.2. The summed E-state index contributed by atoms with van der Waals surface area (Å²) in [4.78, 5) is 4.11. The Bertz CT molecular complexity index is 1220. The second-order valence-electron chi connectivity index (χ2n) is 6.97. The second kappa shape index (κ2) is 7.86. The summed E-state index contributed by atoms with van der Waals surface area (Å²) < 4.78 is 74.4. The van der Waals surface area contributed by atoms with Crippen molar-refractivity contribution in [3.05, 3.63) is 77.6 Å². The lowest BCUT2D eigenvalue weighted by Gasteiger charge is -2.17. The molecule has 1 aliphatic heterocycles. The number of rotatable bonds is 5. The topological polar surface area (TPSA) is 68.7 Å². The summed E-state index contributed by atoms with van der Waals surface area (Å²) in [5.74, 6) is 0.576. The van der Waals surface area contributed by atoms with E-state index in [1.165, 1.54) is 34.8 Å². The summed E-state index contributed by atoms with van der Waals surface area (Å²) in [6.45, 7) is 1.69. The van der Waals surface area contributed by atoms with Crippen LogP contribution in [0.15, 0.2) is 65.8 Å². The predicted molar refractivity (Wildman–Crippen MR) is 105 cm³/mol. The van der Waals surface area contributed by atoms with E-state index in [9.17, 15) is 21.6 Å². The fraction of sp³-hybridized carbons (Fsp3) is 0.190. The fourth-order valence-corrected chi connectivity index (χ4v) is 4.89. The van der Waals surface area contributed by atoms with Gasteiger partial charge in [-0.2, -0.15) is 4.31 Å². The molecule has 3 aromatic rings. The molecule has 0 fully saturated rings. The van der Waals surface area contributed by atoms with Gasteiger partial charge >= 0.3 is 6.36 Å². The summed E-state index contributed by atoms with van der Waals surface area (Å²) >= 11 is 0. The molecule has 4 rings (SSSR count). The standard InChI is InChI=1S/C21H17F3N2O4S/c1-14-4-5-18(30-21(22,23)24)9-15(14)12-26-13-16-10-17(6-7-20(16)31(26,27)28)29-19-3-2-8-25-11-19/h2-11H,12-13H2,1H3. The lowest BCUT2D eigenvalue weighted by atomic mass is 10.1. The maximum atomic E-state index is 12.9. The van der Waals surface area contributed by atoms with Gasteiger partial charge in [-0.15, -0.1) is 13.2 Å². The van der Waals surface area contributed by atoms with Gasteiger partial charge in [0.15, 0.2) is 0 Å². The van der Waals surface area contributed by atoms with Gasteiger partial charge in [0, 0.05) is 19.3 Å². The average Bonchev–Trinajstić information content (AvgIpc) is 2.93. The number of alkyl halides is 3. The molecule has 0 bridgehead atoms. The van der Waals surface area contributed by atoms with Crippen LogP contribution in [0, 0.1) is 6.92 Å². The Morgan fingerprint density at radius 2 is 1.84 bits per heavy atom. The van der Waals surface area contributed by atoms with Crippen LogP contribution in [0.4, 0.5) is 13.2 Å². The number of hydrogen-bond acceptors (Lipinski definition) is 5. The third-order valence-electron chi connectivity index (χ3n) is 4.77. The van der Waals surface area contributed by atoms with Crippen LogP contribution in [0.3, 0.4) is 0 Å². The number of fused-ring (bicyclic) bond motifs is 1. The Kier molecular flexibility index (Phi) is 5.36. The Morgan fingerprint density at radius 1 is 1.06 bits per heavy atom. The number of aryl methyl sites for hydroxylation is 1. The largest absolute Gasteiger partial charge is 0.573 e. The number of ether oxygens (including phenoxy) is 2. The highest BCUT2D eigenvalue weighted by molar-refractivity contribution is 7.89. The molecule has 6 nitrogen and oxygen atoms in total. The van der Waals surface area contributed by atoms with Crippen molar-refractivity contribution >= 4 is 10.0 Å². The molecule has 0 unspecified atom stereocenters. The van der Waals surface area contributed by atoms with Crippen molar-refractivity contribution in [2.24, 2.45) is 0 Å². The SMILES string of the molecule is Cc1ccc(OC(F)(F)F)cc1CN1Cc2cc(Oc3cccnc3)ccc2S1(=O)=O. The van der Waals surface area contributed by atoms with Crippen molar-refractivity contribution in [3.8, 4) is 17.2 Å². The van der Waals surface area contributed by atoms with Crippen molar-refractivity contribution in [3.63, 3.8) is 0 Å². The van der Waals surface area contributed by atoms with E-state index in [-0.39, 0.29) is 18.0 Å². The predicted octanol–water partition coefficient (Wildman–Crippen LogP) is 4.79. The highest BCUT2D eigenvalue weighted by Gasteiger charge is 2.35. The van der Waals surface area contributed by atoms with E-state index in [1.807, 2.05) is 0 Å². The van der Waals surface area contributed by atoms with Crippen molar-refractivity contribution in [1.82, 2.24) is 9.29 Å². The second-order valence-corrected chi connectivity index (χ2v) is 8.88. The van der Waals surface area contributed by atoms with E-state index in [1.54, 1.807) is 37.4 Å². The Balaban J connectivity index is 1.57. The molecule has 2 heterocycles. The Morgan fingerprint density at radius 3 is 2.55 bits per heavy atom. The number of sulfonamides is 1. The van der Waals surface area contributed by atoms with E-state index in [2.05, 4.69) is 9.72 Å². The molecule has 0 atom stereocenters. The van der Waals surface area contributed by atoms with E-state index in [0.29, 0.717) is 28.2 Å². The normalized spacial score (nSPS) is 15.5. The van der Waals surface area contributed by atoms with E-state index >= 15 is 0 Å². The minimum absolute atomic E-state index is 0.0751. The van der Waals surface area contributed by atoms with Gasteiger partial charge in [0.25, 0.3) is 0 Å². The lowest BCUT2D eigenvalue weighted by molar-refractivity contribution is -0.274. The van der Waals surface area contributed by atoms with E-state index < -0.39 is 22.1 Å². The molecule has 1 aromatic heterocycles. The van der Waals surface area contributed by atoms with Crippen LogP contribution in [-0.4, -0.2) is 24.1 Å². The monoisotopic (exact) mass is 450 g/mol. The summed E-state index contributed by atoms with van der Waals surface area (Å²) in [6, 6.07) is 12.0. The van der Waals surface area contributed by atoms with Gasteiger partial charge in [0.05, 0.1) is 11.1 Å². The molecule has 162 valence electrons. The van der Waals surface area contributed by atoms with E-state index in [0.717, 1.165) is 0 Å². The maximum Gasteiger partial charge on any atom is 0.573 e. The minimum Gasteiger partial charge on any atom is -0.456 e. The van der Waals surface area contributed by atoms with Gasteiger partial charge in [-0.1, -0.05) is 6.07 Å². The molecular weight excluding hydrogens is 433 g/mol. The van der Waals surface area contributed by atoms with Gasteiger partial charge in [-0.25, -0.2) is 8.42 Å². The third kappa shape index (κ3) is 4.64. The first-order valence-corrected chi connectivity index (χ1v) is 10.6. The van der Waals surface area contributed by atoms with Gasteiger partial charge in [0.2, 0.25) is 10.0 Å². The molecule has 0 N–H and O–H groups in total. The van der Waals surface area contributed by atoms with Crippen LogP contribution in [0.2, 0.25) is 0 Å². The molecule has 0 spiro atoms. The molecule has 0 radical (unpaired) electrons. The molecule has 31 heavy (non-hydrogen) atoms. The molecule has 0 amide bonds. The molecule has 1 aliphatic rings. The summed E-state index contributed by atoms with van der Waals surface area (Å²) in [6.07, 6.45) is -1.68. The summed E-state index contributed by atoms with van der Waals surface area (Å²) in [7, 11) is -3.80. The van der Waals surface area contributed by atoms with Crippen molar-refractivity contribution in [2.45, 2.75) is 31.3 Å². The van der Waals surface area contributed by atoms with Crippen LogP contribution in [0.25, 0.3) is 0 Å². The van der Waals surface area contributed by atoms with Gasteiger partial charge in [0.1, 0.15) is 17.2 Å². The summed E-state index contributed by atoms with van der Waals surface area (Å²) in [5, 5.41) is 0. The smallest absolute Gasteiger partial charge is 0.456 e. The highest BCUT2D eigenvalue weighted by Crippen LogP contribution is 2.36. The first-order chi connectivity index (χ1) is 14.6. The zero-order valence-electron chi connectivity index (χ0n) is 16.3. The van der Waals surface area contributed by atoms with Gasteiger partial charge in [-0.05, 0) is 66.1 Å². The third-order valence-corrected chi connectivity index (χ3v) is 6.66. The number of halogens is 3. The number of hydrogen-bond donors (Lipinski definition) is 0. The zero-order valence-corrected chi connectivity index (χ0v) is 17.1. The number of benzene rings is 2.